The number of nitrogens with one attached hydrogen (secondary N) is 1. The minimum absolute atomic E-state index is 0.451. The Kier molecular flexibility index (Phi) is 5.57. The summed E-state index contributed by atoms with van der Waals surface area (Å²) >= 11 is 1.68. The number of hydrogen-bond donors (Lipinski definition) is 3. The van der Waals surface area contributed by atoms with E-state index in [-0.39, 0.29) is 0 Å². The Bertz CT molecular complexity index is 1250. The monoisotopic (exact) mass is 455 g/mol. The van der Waals surface area contributed by atoms with Crippen LogP contribution in [0.2, 0.25) is 0 Å². The molecule has 0 unspecified atom stereocenters. The zero-order chi connectivity index (χ0) is 23.1. The molecule has 3 aromatic carbocycles. The third-order valence-electron chi connectivity index (χ3n) is 6.32. The first-order valence-electron chi connectivity index (χ1n) is 11.3. The fourth-order valence-electron chi connectivity index (χ4n) is 4.85. The number of rotatable bonds is 6. The van der Waals surface area contributed by atoms with Gasteiger partial charge in [-0.15, -0.1) is 0 Å². The van der Waals surface area contributed by atoms with Crippen molar-refractivity contribution >= 4 is 16.5 Å². The highest BCUT2D eigenvalue weighted by atomic mass is 32.1. The molecule has 33 heavy (non-hydrogen) atoms. The van der Waals surface area contributed by atoms with Gasteiger partial charge in [0, 0.05) is 17.6 Å². The fourth-order valence-corrected chi connectivity index (χ4v) is 5.84. The van der Waals surface area contributed by atoms with Crippen LogP contribution >= 0.6 is 11.3 Å². The first-order chi connectivity index (χ1) is 15.8. The van der Waals surface area contributed by atoms with E-state index in [1.807, 2.05) is 13.0 Å². The van der Waals surface area contributed by atoms with Crippen molar-refractivity contribution in [2.24, 2.45) is 5.73 Å². The van der Waals surface area contributed by atoms with Gasteiger partial charge in [-0.1, -0.05) is 95.8 Å². The maximum Gasteiger partial charge on any atom is 0.184 e. The summed E-state index contributed by atoms with van der Waals surface area (Å²) in [6.45, 7) is 4.69. The molecule has 1 fully saturated rings. The second-order valence-corrected chi connectivity index (χ2v) is 10.5. The molecule has 1 saturated carbocycles. The van der Waals surface area contributed by atoms with Crippen molar-refractivity contribution in [2.75, 3.05) is 5.32 Å². The molecule has 4 N–H and O–H groups in total. The van der Waals surface area contributed by atoms with E-state index in [1.165, 1.54) is 11.1 Å². The number of benzene rings is 3. The molecule has 0 radical (unpaired) electrons. The molecule has 4 nitrogen and oxygen atoms in total. The number of hydrogen-bond acceptors (Lipinski definition) is 5. The molecule has 0 bridgehead atoms. The average Bonchev–Trinajstić information content (AvgIpc) is 3.21. The van der Waals surface area contributed by atoms with E-state index in [1.54, 1.807) is 11.3 Å². The van der Waals surface area contributed by atoms with E-state index in [9.17, 15) is 5.11 Å². The molecule has 0 aliphatic heterocycles. The van der Waals surface area contributed by atoms with Crippen LogP contribution in [0.15, 0.2) is 78.9 Å². The summed E-state index contributed by atoms with van der Waals surface area (Å²) in [5.41, 5.74) is 12.2. The quantitative estimate of drug-likeness (QED) is 0.329. The Balaban J connectivity index is 1.44. The number of aromatic nitrogens is 1. The molecule has 1 heterocycles. The van der Waals surface area contributed by atoms with E-state index in [0.717, 1.165) is 38.9 Å². The summed E-state index contributed by atoms with van der Waals surface area (Å²) in [7, 11) is 0. The van der Waals surface area contributed by atoms with Crippen molar-refractivity contribution in [1.29, 1.82) is 0 Å². The second-order valence-electron chi connectivity index (χ2n) is 9.49. The lowest BCUT2D eigenvalue weighted by atomic mass is 9.63. The second kappa shape index (κ2) is 8.41. The minimum atomic E-state index is -0.666. The molecule has 0 amide bonds. The van der Waals surface area contributed by atoms with Crippen LogP contribution in [0.5, 0.6) is 0 Å². The SMILES string of the molecule is Cc1cccc(CNc2nc(-c3ccc([C@]4(N)C[C@@](C)(O)C4)cc3)c(-c3ccccc3)s2)c1. The molecule has 0 spiro atoms. The Morgan fingerprint density at radius 2 is 1.70 bits per heavy atom. The van der Waals surface area contributed by atoms with Crippen molar-refractivity contribution < 1.29 is 5.11 Å². The van der Waals surface area contributed by atoms with E-state index in [0.29, 0.717) is 12.8 Å². The van der Waals surface area contributed by atoms with Crippen molar-refractivity contribution in [3.05, 3.63) is 95.6 Å². The van der Waals surface area contributed by atoms with Crippen molar-refractivity contribution in [3.63, 3.8) is 0 Å². The third kappa shape index (κ3) is 4.58. The van der Waals surface area contributed by atoms with Crippen LogP contribution < -0.4 is 11.1 Å². The minimum Gasteiger partial charge on any atom is -0.390 e. The molecule has 4 aromatic rings. The predicted octanol–water partition coefficient (Wildman–Crippen LogP) is 6.10. The topological polar surface area (TPSA) is 71.2 Å². The summed E-state index contributed by atoms with van der Waals surface area (Å²) in [5, 5.41) is 14.6. The Labute approximate surface area is 199 Å². The van der Waals surface area contributed by atoms with Crippen LogP contribution in [0.1, 0.15) is 36.5 Å². The summed E-state index contributed by atoms with van der Waals surface area (Å²) in [5.74, 6) is 0. The lowest BCUT2D eigenvalue weighted by molar-refractivity contribution is -0.0738. The van der Waals surface area contributed by atoms with Crippen molar-refractivity contribution in [1.82, 2.24) is 4.98 Å². The summed E-state index contributed by atoms with van der Waals surface area (Å²) in [6, 6.07) is 27.3. The van der Waals surface area contributed by atoms with Gasteiger partial charge >= 0.3 is 0 Å². The zero-order valence-electron chi connectivity index (χ0n) is 19.0. The van der Waals surface area contributed by atoms with Gasteiger partial charge in [-0.3, -0.25) is 0 Å². The molecule has 168 valence electrons. The Morgan fingerprint density at radius 3 is 2.36 bits per heavy atom. The van der Waals surface area contributed by atoms with Crippen LogP contribution in [0, 0.1) is 6.92 Å². The lowest BCUT2D eigenvalue weighted by Gasteiger charge is -2.49. The van der Waals surface area contributed by atoms with Crippen LogP contribution in [0.3, 0.4) is 0 Å². The molecular formula is C28H29N3OS. The summed E-state index contributed by atoms with van der Waals surface area (Å²) in [6.07, 6.45) is 1.16. The van der Waals surface area contributed by atoms with E-state index < -0.39 is 11.1 Å². The molecule has 1 aliphatic rings. The van der Waals surface area contributed by atoms with Crippen LogP contribution in [0.25, 0.3) is 21.7 Å². The standard InChI is InChI=1S/C28H29N3OS/c1-19-7-6-8-20(15-19)16-30-26-31-24(25(33-26)22-9-4-3-5-10-22)21-11-13-23(14-12-21)28(29)17-27(2,32)18-28/h3-15,32H,16-18,29H2,1-2H3,(H,30,31)/t27-,28+. The number of anilines is 1. The molecule has 0 saturated heterocycles. The molecule has 5 heteroatoms. The van der Waals surface area contributed by atoms with Gasteiger partial charge < -0.3 is 16.2 Å². The Morgan fingerprint density at radius 1 is 0.970 bits per heavy atom. The average molecular weight is 456 g/mol. The molecule has 5 rings (SSSR count). The van der Waals surface area contributed by atoms with Gasteiger partial charge in [-0.05, 0) is 43.4 Å². The smallest absolute Gasteiger partial charge is 0.184 e. The first kappa shape index (κ1) is 21.8. The number of aryl methyl sites for hydroxylation is 1. The van der Waals surface area contributed by atoms with Gasteiger partial charge in [0.2, 0.25) is 0 Å². The normalized spacial score (nSPS) is 22.1. The number of aliphatic hydroxyl groups is 1. The molecule has 0 atom stereocenters. The molecule has 1 aromatic heterocycles. The third-order valence-corrected chi connectivity index (χ3v) is 7.38. The number of thiazole rings is 1. The highest BCUT2D eigenvalue weighted by Gasteiger charge is 2.49. The van der Waals surface area contributed by atoms with Gasteiger partial charge in [0.15, 0.2) is 5.13 Å². The number of nitrogens with two attached hydrogens (primary N) is 1. The van der Waals surface area contributed by atoms with E-state index in [2.05, 4.69) is 85.0 Å². The van der Waals surface area contributed by atoms with Gasteiger partial charge in [-0.2, -0.15) is 0 Å². The largest absolute Gasteiger partial charge is 0.390 e. The van der Waals surface area contributed by atoms with Gasteiger partial charge in [0.1, 0.15) is 0 Å². The lowest BCUT2D eigenvalue weighted by Crippen LogP contribution is -2.58. The summed E-state index contributed by atoms with van der Waals surface area (Å²) in [4.78, 5) is 6.12. The predicted molar refractivity (Wildman–Crippen MR) is 137 cm³/mol. The van der Waals surface area contributed by atoms with Gasteiger partial charge in [0.05, 0.1) is 16.2 Å². The zero-order valence-corrected chi connectivity index (χ0v) is 19.8. The van der Waals surface area contributed by atoms with E-state index in [4.69, 9.17) is 10.7 Å². The molecular weight excluding hydrogens is 426 g/mol. The molecule has 1 aliphatic carbocycles. The maximum atomic E-state index is 10.2. The van der Waals surface area contributed by atoms with Crippen LogP contribution in [0.4, 0.5) is 5.13 Å². The van der Waals surface area contributed by atoms with Crippen LogP contribution in [-0.4, -0.2) is 15.7 Å². The Hall–Kier alpha value is -2.99. The van der Waals surface area contributed by atoms with Crippen molar-refractivity contribution in [3.8, 4) is 21.7 Å². The first-order valence-corrected chi connectivity index (χ1v) is 12.1. The maximum absolute atomic E-state index is 10.2. The van der Waals surface area contributed by atoms with Gasteiger partial charge in [0.25, 0.3) is 0 Å². The highest BCUT2D eigenvalue weighted by Crippen LogP contribution is 2.47. The fraction of sp³-hybridized carbons (Fsp3) is 0.250. The van der Waals surface area contributed by atoms with Gasteiger partial charge in [-0.25, -0.2) is 4.98 Å². The summed E-state index contributed by atoms with van der Waals surface area (Å²) < 4.78 is 0. The van der Waals surface area contributed by atoms with E-state index >= 15 is 0 Å². The number of nitrogens with zero attached hydrogens (tertiary/aromatic N) is 1. The van der Waals surface area contributed by atoms with Crippen LogP contribution in [-0.2, 0) is 12.1 Å². The van der Waals surface area contributed by atoms with Crippen molar-refractivity contribution in [2.45, 2.75) is 44.4 Å². The highest BCUT2D eigenvalue weighted by molar-refractivity contribution is 7.19.